The van der Waals surface area contributed by atoms with Crippen molar-refractivity contribution in [3.63, 3.8) is 0 Å². The van der Waals surface area contributed by atoms with Gasteiger partial charge in [0.2, 0.25) is 0 Å². The summed E-state index contributed by atoms with van der Waals surface area (Å²) in [5, 5.41) is 12.0. The highest BCUT2D eigenvalue weighted by Gasteiger charge is 2.30. The van der Waals surface area contributed by atoms with Gasteiger partial charge >= 0.3 is 6.03 Å². The molecule has 118 valence electrons. The Morgan fingerprint density at radius 2 is 2.00 bits per heavy atom. The van der Waals surface area contributed by atoms with E-state index in [1.54, 1.807) is 14.2 Å². The number of aliphatic hydroxyl groups excluding tert-OH is 1. The molecule has 5 heteroatoms. The van der Waals surface area contributed by atoms with Crippen LogP contribution in [0.4, 0.5) is 4.79 Å². The van der Waals surface area contributed by atoms with Crippen molar-refractivity contribution in [2.24, 2.45) is 5.41 Å². The van der Waals surface area contributed by atoms with Gasteiger partial charge in [-0.15, -0.1) is 0 Å². The molecule has 0 fully saturated rings. The largest absolute Gasteiger partial charge is 0.496 e. The Morgan fingerprint density at radius 1 is 1.38 bits per heavy atom. The molecule has 1 aromatic rings. The zero-order chi connectivity index (χ0) is 16.0. The standard InChI is InChI=1S/C16H26N2O3/c1-16(2,3)14(17-15(20)18(4)10-11-19)12-8-6-7-9-13(12)21-5/h6-9,14,19H,10-11H2,1-5H3,(H,17,20). The Kier molecular flexibility index (Phi) is 6.03. The molecule has 21 heavy (non-hydrogen) atoms. The number of aliphatic hydroxyl groups is 1. The van der Waals surface area contributed by atoms with Gasteiger partial charge in [0.05, 0.1) is 19.8 Å². The van der Waals surface area contributed by atoms with E-state index in [0.717, 1.165) is 11.3 Å². The highest BCUT2D eigenvalue weighted by molar-refractivity contribution is 5.74. The third-order valence-corrected chi connectivity index (χ3v) is 3.37. The number of hydrogen-bond acceptors (Lipinski definition) is 3. The van der Waals surface area contributed by atoms with Gasteiger partial charge in [0.1, 0.15) is 5.75 Å². The number of methoxy groups -OCH3 is 1. The molecule has 0 saturated heterocycles. The van der Waals surface area contributed by atoms with E-state index in [9.17, 15) is 4.79 Å². The summed E-state index contributed by atoms with van der Waals surface area (Å²) in [7, 11) is 3.28. The molecule has 0 aromatic heterocycles. The van der Waals surface area contributed by atoms with Crippen molar-refractivity contribution in [1.82, 2.24) is 10.2 Å². The molecule has 1 atom stereocenters. The van der Waals surface area contributed by atoms with Crippen molar-refractivity contribution in [2.75, 3.05) is 27.3 Å². The molecular weight excluding hydrogens is 268 g/mol. The van der Waals surface area contributed by atoms with Crippen LogP contribution in [0.1, 0.15) is 32.4 Å². The Balaban J connectivity index is 3.05. The van der Waals surface area contributed by atoms with E-state index >= 15 is 0 Å². The average Bonchev–Trinajstić information content (AvgIpc) is 2.43. The van der Waals surface area contributed by atoms with E-state index in [-0.39, 0.29) is 24.1 Å². The third kappa shape index (κ3) is 4.63. The molecular formula is C16H26N2O3. The number of benzene rings is 1. The molecule has 2 amide bonds. The fraction of sp³-hybridized carbons (Fsp3) is 0.562. The van der Waals surface area contributed by atoms with E-state index in [0.29, 0.717) is 6.54 Å². The summed E-state index contributed by atoms with van der Waals surface area (Å²) in [4.78, 5) is 13.7. The number of para-hydroxylation sites is 1. The first-order chi connectivity index (χ1) is 9.81. The van der Waals surface area contributed by atoms with Crippen LogP contribution in [0.15, 0.2) is 24.3 Å². The van der Waals surface area contributed by atoms with Gasteiger partial charge in [0, 0.05) is 19.2 Å². The number of ether oxygens (including phenoxy) is 1. The number of carbonyl (C=O) groups excluding carboxylic acids is 1. The fourth-order valence-electron chi connectivity index (χ4n) is 2.15. The summed E-state index contributed by atoms with van der Waals surface area (Å²) < 4.78 is 5.41. The normalized spacial score (nSPS) is 12.7. The number of urea groups is 1. The molecule has 1 rings (SSSR count). The predicted octanol–water partition coefficient (Wildman–Crippen LogP) is 2.42. The average molecular weight is 294 g/mol. The molecule has 0 radical (unpaired) electrons. The van der Waals surface area contributed by atoms with Crippen molar-refractivity contribution < 1.29 is 14.6 Å². The first-order valence-electron chi connectivity index (χ1n) is 7.06. The van der Waals surface area contributed by atoms with Crippen LogP contribution in [-0.4, -0.2) is 43.3 Å². The zero-order valence-electron chi connectivity index (χ0n) is 13.5. The lowest BCUT2D eigenvalue weighted by Gasteiger charge is -2.34. The maximum absolute atomic E-state index is 12.2. The smallest absolute Gasteiger partial charge is 0.317 e. The number of nitrogens with one attached hydrogen (secondary N) is 1. The van der Waals surface area contributed by atoms with Crippen molar-refractivity contribution in [1.29, 1.82) is 0 Å². The Hall–Kier alpha value is -1.75. The van der Waals surface area contributed by atoms with Crippen LogP contribution >= 0.6 is 0 Å². The minimum atomic E-state index is -0.213. The maximum atomic E-state index is 12.2. The monoisotopic (exact) mass is 294 g/mol. The predicted molar refractivity (Wildman–Crippen MR) is 83.4 cm³/mol. The second-order valence-electron chi connectivity index (χ2n) is 6.14. The van der Waals surface area contributed by atoms with Gasteiger partial charge in [-0.2, -0.15) is 0 Å². The highest BCUT2D eigenvalue weighted by atomic mass is 16.5. The first kappa shape index (κ1) is 17.3. The number of rotatable bonds is 5. The molecule has 0 aliphatic rings. The van der Waals surface area contributed by atoms with Gasteiger partial charge in [-0.05, 0) is 11.5 Å². The van der Waals surface area contributed by atoms with Crippen LogP contribution in [0.25, 0.3) is 0 Å². The minimum absolute atomic E-state index is 0.0568. The first-order valence-corrected chi connectivity index (χ1v) is 7.06. The lowest BCUT2D eigenvalue weighted by molar-refractivity contribution is 0.175. The maximum Gasteiger partial charge on any atom is 0.317 e. The molecule has 2 N–H and O–H groups in total. The van der Waals surface area contributed by atoms with Gasteiger partial charge in [0.15, 0.2) is 0 Å². The minimum Gasteiger partial charge on any atom is -0.496 e. The second kappa shape index (κ2) is 7.31. The summed E-state index contributed by atoms with van der Waals surface area (Å²) in [5.74, 6) is 0.752. The molecule has 0 saturated carbocycles. The summed E-state index contributed by atoms with van der Waals surface area (Å²) in [6, 6.07) is 7.28. The Bertz CT molecular complexity index is 469. The van der Waals surface area contributed by atoms with Gasteiger partial charge < -0.3 is 20.1 Å². The quantitative estimate of drug-likeness (QED) is 0.876. The lowest BCUT2D eigenvalue weighted by Crippen LogP contribution is -2.44. The van der Waals surface area contributed by atoms with E-state index < -0.39 is 0 Å². The molecule has 0 aliphatic heterocycles. The SMILES string of the molecule is COc1ccccc1C(NC(=O)N(C)CCO)C(C)(C)C. The number of nitrogens with zero attached hydrogens (tertiary/aromatic N) is 1. The molecule has 0 bridgehead atoms. The van der Waals surface area contributed by atoms with Crippen LogP contribution in [0.3, 0.4) is 0 Å². The van der Waals surface area contributed by atoms with E-state index in [2.05, 4.69) is 26.1 Å². The highest BCUT2D eigenvalue weighted by Crippen LogP contribution is 2.37. The second-order valence-corrected chi connectivity index (χ2v) is 6.14. The van der Waals surface area contributed by atoms with Crippen molar-refractivity contribution in [3.05, 3.63) is 29.8 Å². The van der Waals surface area contributed by atoms with E-state index in [1.165, 1.54) is 4.90 Å². The van der Waals surface area contributed by atoms with Gasteiger partial charge in [0.25, 0.3) is 0 Å². The number of likely N-dealkylation sites (N-methyl/N-ethyl adjacent to an activating group) is 1. The van der Waals surface area contributed by atoms with E-state index in [4.69, 9.17) is 9.84 Å². The van der Waals surface area contributed by atoms with Crippen molar-refractivity contribution >= 4 is 6.03 Å². The summed E-state index contributed by atoms with van der Waals surface area (Å²) >= 11 is 0. The number of hydrogen-bond donors (Lipinski definition) is 2. The molecule has 1 aromatic carbocycles. The number of carbonyl (C=O) groups is 1. The van der Waals surface area contributed by atoms with Crippen LogP contribution in [0.2, 0.25) is 0 Å². The van der Waals surface area contributed by atoms with Crippen LogP contribution in [0, 0.1) is 5.41 Å². The Labute approximate surface area is 126 Å². The van der Waals surface area contributed by atoms with Crippen LogP contribution in [0.5, 0.6) is 5.75 Å². The fourth-order valence-corrected chi connectivity index (χ4v) is 2.15. The Morgan fingerprint density at radius 3 is 2.52 bits per heavy atom. The van der Waals surface area contributed by atoms with Gasteiger partial charge in [-0.25, -0.2) is 4.79 Å². The molecule has 0 spiro atoms. The molecule has 5 nitrogen and oxygen atoms in total. The van der Waals surface area contributed by atoms with E-state index in [1.807, 2.05) is 24.3 Å². The summed E-state index contributed by atoms with van der Waals surface area (Å²) in [6.07, 6.45) is 0. The molecule has 0 aliphatic carbocycles. The van der Waals surface area contributed by atoms with Crippen LogP contribution < -0.4 is 10.1 Å². The van der Waals surface area contributed by atoms with Crippen molar-refractivity contribution in [3.8, 4) is 5.75 Å². The molecule has 0 heterocycles. The lowest BCUT2D eigenvalue weighted by atomic mass is 9.82. The van der Waals surface area contributed by atoms with Crippen LogP contribution in [-0.2, 0) is 0 Å². The topological polar surface area (TPSA) is 61.8 Å². The third-order valence-electron chi connectivity index (χ3n) is 3.37. The van der Waals surface area contributed by atoms with Crippen molar-refractivity contribution in [2.45, 2.75) is 26.8 Å². The summed E-state index contributed by atoms with van der Waals surface area (Å²) in [6.45, 7) is 6.44. The van der Waals surface area contributed by atoms with Gasteiger partial charge in [-0.1, -0.05) is 39.0 Å². The number of amides is 2. The summed E-state index contributed by atoms with van der Waals surface area (Å²) in [5.41, 5.74) is 0.767. The zero-order valence-corrected chi connectivity index (χ0v) is 13.5. The van der Waals surface area contributed by atoms with Gasteiger partial charge in [-0.3, -0.25) is 0 Å². The molecule has 1 unspecified atom stereocenters.